The smallest absolute Gasteiger partial charge is 0.215 e. The molecule has 0 aliphatic heterocycles. The van der Waals surface area contributed by atoms with Crippen molar-refractivity contribution in [3.63, 3.8) is 0 Å². The molecule has 12 heavy (non-hydrogen) atoms. The molecular formula is C6H5AgN3OS. The van der Waals surface area contributed by atoms with E-state index < -0.39 is 0 Å². The topological polar surface area (TPSA) is 69.3 Å². The molecule has 0 spiro atoms. The molecule has 1 N–H and O–H groups in total. The minimum atomic E-state index is -0.0388. The molecule has 0 aliphatic rings. The van der Waals surface area contributed by atoms with E-state index in [1.165, 1.54) is 11.3 Å². The second-order valence-electron chi connectivity index (χ2n) is 1.85. The first-order valence-corrected chi connectivity index (χ1v) is 3.70. The molecule has 4 nitrogen and oxygen atoms in total. The van der Waals surface area contributed by atoms with E-state index in [4.69, 9.17) is 10.5 Å². The zero-order chi connectivity index (χ0) is 8.27. The van der Waals surface area contributed by atoms with Gasteiger partial charge in [-0.05, 0) is 6.92 Å². The van der Waals surface area contributed by atoms with E-state index in [1.807, 2.05) is 6.92 Å². The molecule has 0 unspecified atom stereocenters. The summed E-state index contributed by atoms with van der Waals surface area (Å²) in [5.74, 6) is 0. The molecule has 0 bridgehead atoms. The molecule has 6 heteroatoms. The van der Waals surface area contributed by atoms with Crippen LogP contribution in [-0.2, 0) is 22.4 Å². The molecule has 1 radical (unpaired) electrons. The fourth-order valence-electron chi connectivity index (χ4n) is 0.576. The first kappa shape index (κ1) is 11.3. The molecule has 1 aromatic rings. The van der Waals surface area contributed by atoms with Gasteiger partial charge in [0.25, 0.3) is 0 Å². The summed E-state index contributed by atoms with van der Waals surface area (Å²) in [7, 11) is 0. The summed E-state index contributed by atoms with van der Waals surface area (Å²) in [5, 5.41) is 21.8. The van der Waals surface area contributed by atoms with Gasteiger partial charge in [-0.2, -0.15) is 5.26 Å². The molecule has 1 rings (SSSR count). The van der Waals surface area contributed by atoms with Crippen LogP contribution in [0.3, 0.4) is 0 Å². The molecule has 0 saturated heterocycles. The van der Waals surface area contributed by atoms with Crippen LogP contribution in [0, 0.1) is 18.3 Å². The van der Waals surface area contributed by atoms with E-state index >= 15 is 0 Å². The molecule has 1 aromatic heterocycles. The van der Waals surface area contributed by atoms with E-state index in [1.54, 1.807) is 11.4 Å². The monoisotopic (exact) mass is 274 g/mol. The van der Waals surface area contributed by atoms with Crippen LogP contribution in [0.15, 0.2) is 10.5 Å². The molecule has 0 atom stereocenters. The Morgan fingerprint density at radius 1 is 1.83 bits per heavy atom. The third-order valence-electron chi connectivity index (χ3n) is 1.03. The number of hydrogen-bond acceptors (Lipinski definition) is 5. The average molecular weight is 275 g/mol. The Morgan fingerprint density at radius 3 is 2.83 bits per heavy atom. The molecular weight excluding hydrogens is 270 g/mol. The SMILES string of the molecule is Cc1csc(/C(C#N)=N\O)n1.[Ag]. The number of thiazole rings is 1. The van der Waals surface area contributed by atoms with Gasteiger partial charge in [0.15, 0.2) is 5.01 Å². The van der Waals surface area contributed by atoms with Crippen LogP contribution in [-0.4, -0.2) is 15.9 Å². The summed E-state index contributed by atoms with van der Waals surface area (Å²) in [6, 6.07) is 1.73. The Kier molecular flexibility index (Phi) is 4.78. The summed E-state index contributed by atoms with van der Waals surface area (Å²) in [4.78, 5) is 3.96. The van der Waals surface area contributed by atoms with Crippen LogP contribution in [0.2, 0.25) is 0 Å². The van der Waals surface area contributed by atoms with Crippen molar-refractivity contribution in [1.29, 1.82) is 5.26 Å². The number of nitrogens with zero attached hydrogens (tertiary/aromatic N) is 3. The van der Waals surface area contributed by atoms with Crippen molar-refractivity contribution in [2.45, 2.75) is 6.92 Å². The van der Waals surface area contributed by atoms with Gasteiger partial charge in [-0.3, -0.25) is 0 Å². The predicted molar refractivity (Wildman–Crippen MR) is 40.8 cm³/mol. The Bertz CT molecular complexity index is 328. The van der Waals surface area contributed by atoms with Crippen molar-refractivity contribution < 1.29 is 27.6 Å². The summed E-state index contributed by atoms with van der Waals surface area (Å²) in [6.45, 7) is 1.81. The fourth-order valence-corrected chi connectivity index (χ4v) is 1.31. The first-order valence-electron chi connectivity index (χ1n) is 2.82. The van der Waals surface area contributed by atoms with Gasteiger partial charge in [0.1, 0.15) is 6.07 Å². The van der Waals surface area contributed by atoms with Crippen molar-refractivity contribution in [2.75, 3.05) is 0 Å². The summed E-state index contributed by atoms with van der Waals surface area (Å²) in [6.07, 6.45) is 0. The van der Waals surface area contributed by atoms with Gasteiger partial charge in [-0.25, -0.2) is 4.98 Å². The van der Waals surface area contributed by atoms with Crippen molar-refractivity contribution >= 4 is 17.0 Å². The Labute approximate surface area is 89.1 Å². The van der Waals surface area contributed by atoms with Gasteiger partial charge in [0.05, 0.1) is 0 Å². The normalized spacial score (nSPS) is 10.2. The molecule has 0 aliphatic carbocycles. The summed E-state index contributed by atoms with van der Waals surface area (Å²) >= 11 is 1.28. The quantitative estimate of drug-likeness (QED) is 0.362. The number of nitriles is 1. The maximum absolute atomic E-state index is 8.41. The second kappa shape index (κ2) is 5.06. The zero-order valence-corrected chi connectivity index (χ0v) is 8.37. The number of hydrogen-bond donors (Lipinski definition) is 1. The molecule has 0 aromatic carbocycles. The van der Waals surface area contributed by atoms with Gasteiger partial charge in [-0.1, -0.05) is 5.16 Å². The zero-order valence-electron chi connectivity index (χ0n) is 6.08. The summed E-state index contributed by atoms with van der Waals surface area (Å²) in [5.41, 5.74) is 0.782. The minimum Gasteiger partial charge on any atom is -0.410 e. The third kappa shape index (κ3) is 2.43. The number of rotatable bonds is 1. The van der Waals surface area contributed by atoms with Crippen molar-refractivity contribution in [3.05, 3.63) is 16.1 Å². The van der Waals surface area contributed by atoms with Crippen molar-refractivity contribution in [3.8, 4) is 6.07 Å². The van der Waals surface area contributed by atoms with Crippen LogP contribution in [0.4, 0.5) is 0 Å². The van der Waals surface area contributed by atoms with Crippen molar-refractivity contribution in [1.82, 2.24) is 4.98 Å². The summed E-state index contributed by atoms with van der Waals surface area (Å²) < 4.78 is 0. The van der Waals surface area contributed by atoms with E-state index in [9.17, 15) is 0 Å². The van der Waals surface area contributed by atoms with Gasteiger partial charge < -0.3 is 5.21 Å². The van der Waals surface area contributed by atoms with Gasteiger partial charge in [0, 0.05) is 33.5 Å². The van der Waals surface area contributed by atoms with Gasteiger partial charge >= 0.3 is 0 Å². The fraction of sp³-hybridized carbons (Fsp3) is 0.167. The maximum atomic E-state index is 8.41. The van der Waals surface area contributed by atoms with Crippen LogP contribution in [0.1, 0.15) is 10.7 Å². The van der Waals surface area contributed by atoms with Gasteiger partial charge in [-0.15, -0.1) is 11.3 Å². The molecule has 1 heterocycles. The largest absolute Gasteiger partial charge is 0.410 e. The van der Waals surface area contributed by atoms with E-state index in [2.05, 4.69) is 10.1 Å². The first-order chi connectivity index (χ1) is 5.27. The predicted octanol–water partition coefficient (Wildman–Crippen LogP) is 1.15. The van der Waals surface area contributed by atoms with Crippen LogP contribution >= 0.6 is 11.3 Å². The molecule has 67 valence electrons. The number of aryl methyl sites for hydroxylation is 1. The van der Waals surface area contributed by atoms with E-state index in [0.29, 0.717) is 5.01 Å². The Hall–Kier alpha value is -0.670. The molecule has 0 saturated carbocycles. The number of aromatic nitrogens is 1. The average Bonchev–Trinajstić information content (AvgIpc) is 2.39. The Morgan fingerprint density at radius 2 is 2.50 bits per heavy atom. The van der Waals surface area contributed by atoms with Crippen molar-refractivity contribution in [2.24, 2.45) is 5.16 Å². The van der Waals surface area contributed by atoms with Crippen LogP contribution < -0.4 is 0 Å². The molecule has 0 fully saturated rings. The minimum absolute atomic E-state index is 0. The van der Waals surface area contributed by atoms with E-state index in [0.717, 1.165) is 5.69 Å². The molecule has 0 amide bonds. The van der Waals surface area contributed by atoms with E-state index in [-0.39, 0.29) is 28.1 Å². The third-order valence-corrected chi connectivity index (χ3v) is 1.99. The van der Waals surface area contributed by atoms with Crippen LogP contribution in [0.5, 0.6) is 0 Å². The van der Waals surface area contributed by atoms with Gasteiger partial charge in [0.2, 0.25) is 5.71 Å². The Balaban J connectivity index is 0.00000121. The maximum Gasteiger partial charge on any atom is 0.215 e. The standard InChI is InChI=1S/C6H5N3OS.Ag/c1-4-3-11-6(8-4)5(2-7)9-10;/h3,10H,1H3;/b9-5-;. The number of oxime groups is 1. The van der Waals surface area contributed by atoms with Crippen LogP contribution in [0.25, 0.3) is 0 Å². The second-order valence-corrected chi connectivity index (χ2v) is 2.71.